The zero-order valence-corrected chi connectivity index (χ0v) is 10.7. The molecule has 3 rings (SSSR count). The lowest BCUT2D eigenvalue weighted by Gasteiger charge is -2.18. The molecule has 0 unspecified atom stereocenters. The van der Waals surface area contributed by atoms with Gasteiger partial charge in [0.25, 0.3) is 5.91 Å². The molecule has 2 aromatic rings. The predicted molar refractivity (Wildman–Crippen MR) is 71.0 cm³/mol. The van der Waals surface area contributed by atoms with Gasteiger partial charge in [-0.05, 0) is 18.2 Å². The van der Waals surface area contributed by atoms with E-state index in [2.05, 4.69) is 16.4 Å². The van der Waals surface area contributed by atoms with E-state index in [4.69, 9.17) is 10.00 Å². The number of thiazole rings is 1. The molecule has 1 amide bonds. The lowest BCUT2D eigenvalue weighted by molar-refractivity contribution is -0.118. The minimum absolute atomic E-state index is 0.0510. The van der Waals surface area contributed by atoms with Gasteiger partial charge in [-0.15, -0.1) is 11.3 Å². The number of ether oxygens (including phenoxy) is 1. The topological polar surface area (TPSA) is 75.0 Å². The summed E-state index contributed by atoms with van der Waals surface area (Å²) in [5, 5.41) is 14.1. The molecular formula is C13H9N3O2S. The second kappa shape index (κ2) is 4.71. The Morgan fingerprint density at radius 2 is 2.42 bits per heavy atom. The van der Waals surface area contributed by atoms with Crippen LogP contribution in [-0.4, -0.2) is 17.5 Å². The molecule has 0 aliphatic carbocycles. The summed E-state index contributed by atoms with van der Waals surface area (Å²) in [6.45, 7) is 0.0510. The fraction of sp³-hybridized carbons (Fsp3) is 0.154. The molecule has 1 aliphatic heterocycles. The van der Waals surface area contributed by atoms with Crippen LogP contribution in [0.5, 0.6) is 5.75 Å². The molecule has 1 aromatic carbocycles. The highest BCUT2D eigenvalue weighted by atomic mass is 32.1. The second-order valence-corrected chi connectivity index (χ2v) is 4.95. The molecule has 0 radical (unpaired) electrons. The van der Waals surface area contributed by atoms with Crippen molar-refractivity contribution in [1.29, 1.82) is 5.26 Å². The summed E-state index contributed by atoms with van der Waals surface area (Å²) in [6, 6.07) is 7.61. The first kappa shape index (κ1) is 11.7. The van der Waals surface area contributed by atoms with E-state index in [0.717, 1.165) is 16.3 Å². The summed E-state index contributed by atoms with van der Waals surface area (Å²) < 4.78 is 5.30. The Morgan fingerprint density at radius 3 is 3.26 bits per heavy atom. The third-order valence-electron chi connectivity index (χ3n) is 2.69. The lowest BCUT2D eigenvalue weighted by atomic mass is 10.1. The van der Waals surface area contributed by atoms with Gasteiger partial charge in [0.05, 0.1) is 23.9 Å². The SMILES string of the molecule is N#CCc1nc(-c2ccc3c(c2)NC(=O)CO3)cs1. The molecular weight excluding hydrogens is 262 g/mol. The molecule has 94 valence electrons. The summed E-state index contributed by atoms with van der Waals surface area (Å²) in [4.78, 5) is 15.7. The van der Waals surface area contributed by atoms with Crippen molar-refractivity contribution in [1.82, 2.24) is 4.98 Å². The fourth-order valence-electron chi connectivity index (χ4n) is 1.83. The summed E-state index contributed by atoms with van der Waals surface area (Å²) >= 11 is 1.45. The van der Waals surface area contributed by atoms with Crippen LogP contribution >= 0.6 is 11.3 Å². The molecule has 6 heteroatoms. The number of nitrogens with zero attached hydrogens (tertiary/aromatic N) is 2. The van der Waals surface area contributed by atoms with Crippen LogP contribution in [0.3, 0.4) is 0 Å². The summed E-state index contributed by atoms with van der Waals surface area (Å²) in [5.41, 5.74) is 2.35. The maximum Gasteiger partial charge on any atom is 0.262 e. The third-order valence-corrected chi connectivity index (χ3v) is 3.54. The molecule has 0 bridgehead atoms. The molecule has 0 spiro atoms. The quantitative estimate of drug-likeness (QED) is 0.908. The summed E-state index contributed by atoms with van der Waals surface area (Å²) in [5.74, 6) is 0.504. The molecule has 2 heterocycles. The van der Waals surface area contributed by atoms with E-state index in [9.17, 15) is 4.79 Å². The smallest absolute Gasteiger partial charge is 0.262 e. The lowest BCUT2D eigenvalue weighted by Crippen LogP contribution is -2.25. The average molecular weight is 271 g/mol. The van der Waals surface area contributed by atoms with E-state index >= 15 is 0 Å². The largest absolute Gasteiger partial charge is 0.482 e. The zero-order valence-electron chi connectivity index (χ0n) is 9.84. The Hall–Kier alpha value is -2.39. The minimum atomic E-state index is -0.159. The van der Waals surface area contributed by atoms with Gasteiger partial charge in [0.1, 0.15) is 10.8 Å². The van der Waals surface area contributed by atoms with Gasteiger partial charge in [0, 0.05) is 10.9 Å². The molecule has 0 fully saturated rings. The Labute approximate surface area is 113 Å². The number of aromatic nitrogens is 1. The van der Waals surface area contributed by atoms with Crippen molar-refractivity contribution < 1.29 is 9.53 Å². The average Bonchev–Trinajstić information content (AvgIpc) is 2.87. The molecule has 0 atom stereocenters. The molecule has 1 aromatic heterocycles. The van der Waals surface area contributed by atoms with Gasteiger partial charge in [-0.25, -0.2) is 4.98 Å². The highest BCUT2D eigenvalue weighted by Gasteiger charge is 2.16. The van der Waals surface area contributed by atoms with Crippen molar-refractivity contribution in [2.45, 2.75) is 6.42 Å². The summed E-state index contributed by atoms with van der Waals surface area (Å²) in [7, 11) is 0. The van der Waals surface area contributed by atoms with Crippen molar-refractivity contribution in [3.63, 3.8) is 0 Å². The van der Waals surface area contributed by atoms with Crippen LogP contribution in [0.4, 0.5) is 5.69 Å². The van der Waals surface area contributed by atoms with Crippen molar-refractivity contribution in [3.05, 3.63) is 28.6 Å². The van der Waals surface area contributed by atoms with E-state index in [1.165, 1.54) is 11.3 Å². The number of fused-ring (bicyclic) bond motifs is 1. The van der Waals surface area contributed by atoms with E-state index in [-0.39, 0.29) is 12.5 Å². The van der Waals surface area contributed by atoms with Crippen LogP contribution in [0.2, 0.25) is 0 Å². The van der Waals surface area contributed by atoms with Crippen LogP contribution in [0.15, 0.2) is 23.6 Å². The maximum atomic E-state index is 11.3. The fourth-order valence-corrected chi connectivity index (χ4v) is 2.57. The predicted octanol–water partition coefficient (Wildman–Crippen LogP) is 2.21. The van der Waals surface area contributed by atoms with Gasteiger partial charge in [0.2, 0.25) is 0 Å². The Kier molecular flexibility index (Phi) is 2.89. The number of hydrogen-bond donors (Lipinski definition) is 1. The molecule has 5 nitrogen and oxygen atoms in total. The first-order valence-corrected chi connectivity index (χ1v) is 6.52. The van der Waals surface area contributed by atoms with E-state index in [1.54, 1.807) is 0 Å². The molecule has 1 N–H and O–H groups in total. The van der Waals surface area contributed by atoms with E-state index < -0.39 is 0 Å². The van der Waals surface area contributed by atoms with Crippen LogP contribution in [0.1, 0.15) is 5.01 Å². The Morgan fingerprint density at radius 1 is 1.53 bits per heavy atom. The van der Waals surface area contributed by atoms with Gasteiger partial charge in [-0.1, -0.05) is 0 Å². The Bertz CT molecular complexity index is 687. The van der Waals surface area contributed by atoms with Crippen molar-refractivity contribution in [2.75, 3.05) is 11.9 Å². The number of anilines is 1. The van der Waals surface area contributed by atoms with Gasteiger partial charge >= 0.3 is 0 Å². The van der Waals surface area contributed by atoms with Crippen LogP contribution in [0.25, 0.3) is 11.3 Å². The number of carbonyl (C=O) groups excluding carboxylic acids is 1. The standard InChI is InChI=1S/C13H9N3O2S/c14-4-3-13-16-10(7-19-13)8-1-2-11-9(5-8)15-12(17)6-18-11/h1-2,5,7H,3,6H2,(H,15,17). The Balaban J connectivity index is 1.95. The van der Waals surface area contributed by atoms with Gasteiger partial charge < -0.3 is 10.1 Å². The number of carbonyl (C=O) groups is 1. The normalized spacial score (nSPS) is 13.1. The molecule has 0 saturated carbocycles. The zero-order chi connectivity index (χ0) is 13.2. The number of nitriles is 1. The monoisotopic (exact) mass is 271 g/mol. The molecule has 19 heavy (non-hydrogen) atoms. The number of rotatable bonds is 2. The summed E-state index contributed by atoms with van der Waals surface area (Å²) in [6.07, 6.45) is 0.315. The van der Waals surface area contributed by atoms with Crippen molar-refractivity contribution in [3.8, 4) is 23.1 Å². The molecule has 1 aliphatic rings. The van der Waals surface area contributed by atoms with Crippen molar-refractivity contribution >= 4 is 22.9 Å². The number of benzene rings is 1. The third kappa shape index (κ3) is 2.28. The van der Waals surface area contributed by atoms with Gasteiger partial charge in [0.15, 0.2) is 6.61 Å². The molecule has 0 saturated heterocycles. The van der Waals surface area contributed by atoms with E-state index in [0.29, 0.717) is 17.9 Å². The van der Waals surface area contributed by atoms with E-state index in [1.807, 2.05) is 23.6 Å². The van der Waals surface area contributed by atoms with Crippen LogP contribution in [0, 0.1) is 11.3 Å². The highest BCUT2D eigenvalue weighted by Crippen LogP contribution is 2.32. The first-order chi connectivity index (χ1) is 9.26. The van der Waals surface area contributed by atoms with Crippen LogP contribution in [-0.2, 0) is 11.2 Å². The van der Waals surface area contributed by atoms with Crippen LogP contribution < -0.4 is 10.1 Å². The highest BCUT2D eigenvalue weighted by molar-refractivity contribution is 7.10. The minimum Gasteiger partial charge on any atom is -0.482 e. The number of amides is 1. The number of hydrogen-bond acceptors (Lipinski definition) is 5. The van der Waals surface area contributed by atoms with Gasteiger partial charge in [-0.2, -0.15) is 5.26 Å². The maximum absolute atomic E-state index is 11.3. The number of nitrogens with one attached hydrogen (secondary N) is 1. The second-order valence-electron chi connectivity index (χ2n) is 4.01. The van der Waals surface area contributed by atoms with Gasteiger partial charge in [-0.3, -0.25) is 4.79 Å². The van der Waals surface area contributed by atoms with Crippen molar-refractivity contribution in [2.24, 2.45) is 0 Å². The first-order valence-electron chi connectivity index (χ1n) is 5.64.